The Balaban J connectivity index is 2.12. The van der Waals surface area contributed by atoms with Crippen LogP contribution < -0.4 is 0 Å². The molecule has 138 valence electrons. The van der Waals surface area contributed by atoms with Crippen LogP contribution in [0.1, 0.15) is 6.92 Å². The first-order valence-electron chi connectivity index (χ1n) is 7.08. The normalized spacial score (nSPS) is 12.7. The molecule has 0 bridgehead atoms. The van der Waals surface area contributed by atoms with Crippen molar-refractivity contribution in [1.29, 1.82) is 0 Å². The molecule has 12 heteroatoms. The van der Waals surface area contributed by atoms with Crippen molar-refractivity contribution in [3.05, 3.63) is 35.3 Å². The van der Waals surface area contributed by atoms with Crippen LogP contribution in [0.5, 0.6) is 0 Å². The van der Waals surface area contributed by atoms with Gasteiger partial charge >= 0.3 is 5.51 Å². The Morgan fingerprint density at radius 2 is 2.00 bits per heavy atom. The topological polar surface area (TPSA) is 77.2 Å². The van der Waals surface area contributed by atoms with Crippen LogP contribution >= 0.6 is 27.7 Å². The molecular weight excluding hydrogens is 457 g/mol. The van der Waals surface area contributed by atoms with Crippen LogP contribution in [-0.4, -0.2) is 39.0 Å². The maximum absolute atomic E-state index is 12.5. The van der Waals surface area contributed by atoms with Crippen molar-refractivity contribution in [2.75, 3.05) is 5.75 Å². The predicted octanol–water partition coefficient (Wildman–Crippen LogP) is 3.96. The summed E-state index contributed by atoms with van der Waals surface area (Å²) in [7, 11) is -3.58. The zero-order valence-electron chi connectivity index (χ0n) is 13.0. The summed E-state index contributed by atoms with van der Waals surface area (Å²) in [6.45, 7) is 1.51. The number of aromatic nitrogens is 4. The van der Waals surface area contributed by atoms with Crippen molar-refractivity contribution in [1.82, 2.24) is 19.4 Å². The van der Waals surface area contributed by atoms with Crippen molar-refractivity contribution in [3.8, 4) is 11.4 Å². The molecule has 0 N–H and O–H groups in total. The average Bonchev–Trinajstić information content (AvgIpc) is 2.96. The van der Waals surface area contributed by atoms with Gasteiger partial charge in [0.15, 0.2) is 9.84 Å². The molecule has 0 amide bonds. The van der Waals surface area contributed by atoms with Gasteiger partial charge in [-0.05, 0) is 22.0 Å². The number of hydrogen-bond donors (Lipinski definition) is 0. The molecule has 6 nitrogen and oxygen atoms in total. The fourth-order valence-corrected chi connectivity index (χ4v) is 4.22. The first-order valence-corrected chi connectivity index (χ1v) is 10.3. The first-order chi connectivity index (χ1) is 12.1. The molecule has 3 aromatic rings. The molecule has 0 fully saturated rings. The Morgan fingerprint density at radius 1 is 1.27 bits per heavy atom. The highest BCUT2D eigenvalue weighted by atomic mass is 79.9. The van der Waals surface area contributed by atoms with Crippen LogP contribution in [-0.2, 0) is 9.84 Å². The minimum atomic E-state index is -4.46. The van der Waals surface area contributed by atoms with Crippen LogP contribution in [0.2, 0.25) is 0 Å². The third-order valence-corrected chi connectivity index (χ3v) is 6.16. The average molecular weight is 467 g/mol. The maximum atomic E-state index is 12.5. The fourth-order valence-electron chi connectivity index (χ4n) is 2.17. The monoisotopic (exact) mass is 466 g/mol. The van der Waals surface area contributed by atoms with E-state index in [9.17, 15) is 21.6 Å². The van der Waals surface area contributed by atoms with E-state index in [1.54, 1.807) is 0 Å². The third kappa shape index (κ3) is 4.01. The van der Waals surface area contributed by atoms with E-state index in [2.05, 4.69) is 30.9 Å². The second-order valence-electron chi connectivity index (χ2n) is 5.07. The van der Waals surface area contributed by atoms with E-state index >= 15 is 0 Å². The molecule has 3 rings (SSSR count). The van der Waals surface area contributed by atoms with Gasteiger partial charge in [0.25, 0.3) is 0 Å². The quantitative estimate of drug-likeness (QED) is 0.427. The van der Waals surface area contributed by atoms with Crippen molar-refractivity contribution in [2.24, 2.45) is 0 Å². The molecule has 0 spiro atoms. The number of fused-ring (bicyclic) bond motifs is 1. The summed E-state index contributed by atoms with van der Waals surface area (Å²) in [5, 5.41) is -0.257. The zero-order valence-corrected chi connectivity index (χ0v) is 16.2. The van der Waals surface area contributed by atoms with Crippen molar-refractivity contribution in [2.45, 2.75) is 22.4 Å². The van der Waals surface area contributed by atoms with E-state index < -0.39 is 15.3 Å². The highest BCUT2D eigenvalue weighted by molar-refractivity contribution is 9.10. The van der Waals surface area contributed by atoms with Crippen molar-refractivity contribution in [3.63, 3.8) is 0 Å². The Hall–Kier alpha value is -1.66. The number of rotatable bonds is 4. The third-order valence-electron chi connectivity index (χ3n) is 3.32. The zero-order chi connectivity index (χ0) is 19.1. The maximum Gasteiger partial charge on any atom is 0.447 e. The summed E-state index contributed by atoms with van der Waals surface area (Å²) in [4.78, 5) is 12.1. The smallest absolute Gasteiger partial charge is 0.290 e. The summed E-state index contributed by atoms with van der Waals surface area (Å²) in [5.74, 6) is -0.126. The van der Waals surface area contributed by atoms with Gasteiger partial charge < -0.3 is 0 Å². The molecule has 0 unspecified atom stereocenters. The van der Waals surface area contributed by atoms with Gasteiger partial charge in [-0.25, -0.2) is 18.4 Å². The number of thioether (sulfide) groups is 1. The Labute approximate surface area is 158 Å². The molecule has 0 aliphatic carbocycles. The lowest BCUT2D eigenvalue weighted by atomic mass is 10.3. The van der Waals surface area contributed by atoms with Gasteiger partial charge in [-0.2, -0.15) is 13.2 Å². The summed E-state index contributed by atoms with van der Waals surface area (Å²) in [6, 6.07) is 2.60. The SMILES string of the molecule is CCS(=O)(=O)c1cc(Br)cnc1-c1cn2cnc(SC(F)(F)F)cc2n1. The fraction of sp³-hybridized carbons (Fsp3) is 0.214. The van der Waals surface area contributed by atoms with E-state index in [0.29, 0.717) is 4.47 Å². The van der Waals surface area contributed by atoms with Gasteiger partial charge in [0.2, 0.25) is 0 Å². The van der Waals surface area contributed by atoms with Crippen LogP contribution in [0.3, 0.4) is 0 Å². The predicted molar refractivity (Wildman–Crippen MR) is 93.6 cm³/mol. The van der Waals surface area contributed by atoms with Gasteiger partial charge in [-0.15, -0.1) is 0 Å². The van der Waals surface area contributed by atoms with Gasteiger partial charge in [-0.3, -0.25) is 9.38 Å². The molecule has 0 saturated heterocycles. The molecule has 0 saturated carbocycles. The van der Waals surface area contributed by atoms with E-state index in [4.69, 9.17) is 0 Å². The molecule has 3 heterocycles. The largest absolute Gasteiger partial charge is 0.447 e. The Kier molecular flexibility index (Phi) is 5.01. The van der Waals surface area contributed by atoms with Crippen LogP contribution in [0, 0.1) is 0 Å². The summed E-state index contributed by atoms with van der Waals surface area (Å²) in [6.07, 6.45) is 4.08. The lowest BCUT2D eigenvalue weighted by Crippen LogP contribution is -2.07. The lowest BCUT2D eigenvalue weighted by Gasteiger charge is -2.06. The van der Waals surface area contributed by atoms with E-state index in [1.807, 2.05) is 0 Å². The van der Waals surface area contributed by atoms with Crippen molar-refractivity contribution >= 4 is 43.2 Å². The lowest BCUT2D eigenvalue weighted by molar-refractivity contribution is -0.0329. The van der Waals surface area contributed by atoms with Crippen LogP contribution in [0.15, 0.2) is 45.2 Å². The number of imidazole rings is 1. The number of sulfone groups is 1. The van der Waals surface area contributed by atoms with E-state index in [0.717, 1.165) is 0 Å². The molecule has 3 aromatic heterocycles. The highest BCUT2D eigenvalue weighted by Crippen LogP contribution is 2.36. The van der Waals surface area contributed by atoms with Crippen LogP contribution in [0.25, 0.3) is 17.0 Å². The van der Waals surface area contributed by atoms with Gasteiger partial charge in [0.05, 0.1) is 10.6 Å². The number of nitrogens with zero attached hydrogens (tertiary/aromatic N) is 4. The minimum Gasteiger partial charge on any atom is -0.290 e. The highest BCUT2D eigenvalue weighted by Gasteiger charge is 2.30. The minimum absolute atomic E-state index is 0.00405. The summed E-state index contributed by atoms with van der Waals surface area (Å²) >= 11 is 2.84. The number of hydrogen-bond acceptors (Lipinski definition) is 6. The van der Waals surface area contributed by atoms with Gasteiger partial charge in [0.1, 0.15) is 28.4 Å². The first kappa shape index (κ1) is 19.1. The molecule has 0 aromatic carbocycles. The van der Waals surface area contributed by atoms with E-state index in [1.165, 1.54) is 42.2 Å². The second kappa shape index (κ2) is 6.82. The molecule has 0 atom stereocenters. The Bertz CT molecular complexity index is 1080. The summed E-state index contributed by atoms with van der Waals surface area (Å²) in [5.41, 5.74) is -3.91. The van der Waals surface area contributed by atoms with E-state index in [-0.39, 0.29) is 44.5 Å². The van der Waals surface area contributed by atoms with Gasteiger partial charge in [0, 0.05) is 34.7 Å². The van der Waals surface area contributed by atoms with Gasteiger partial charge in [-0.1, -0.05) is 6.92 Å². The molecule has 0 aliphatic heterocycles. The number of halogens is 4. The standard InChI is InChI=1S/C14H10BrF3N4O2S2/c1-2-26(23,24)10-3-8(15)5-19-13(10)9-6-22-7-20-12(4-11(22)21-9)25-14(16,17)18/h3-7H,2H2,1H3. The number of alkyl halides is 3. The van der Waals surface area contributed by atoms with Crippen LogP contribution in [0.4, 0.5) is 13.2 Å². The summed E-state index contributed by atoms with van der Waals surface area (Å²) < 4.78 is 64.0. The second-order valence-corrected chi connectivity index (χ2v) is 9.32. The number of pyridine rings is 1. The molecule has 0 aliphatic rings. The Morgan fingerprint density at radius 3 is 2.65 bits per heavy atom. The molecular formula is C14H10BrF3N4O2S2. The molecule has 26 heavy (non-hydrogen) atoms. The molecule has 0 radical (unpaired) electrons. The van der Waals surface area contributed by atoms with Crippen molar-refractivity contribution < 1.29 is 21.6 Å².